The maximum absolute atomic E-state index is 12.4. The van der Waals surface area contributed by atoms with Crippen molar-refractivity contribution in [3.05, 3.63) is 0 Å². The van der Waals surface area contributed by atoms with Gasteiger partial charge in [-0.05, 0) is 30.9 Å². The average molecular weight is 256 g/mol. The third kappa shape index (κ3) is 2.79. The highest BCUT2D eigenvalue weighted by atomic mass is 32.2. The topological polar surface area (TPSA) is 32.3 Å². The van der Waals surface area contributed by atoms with E-state index in [0.717, 1.165) is 13.0 Å². The molecule has 2 aliphatic rings. The van der Waals surface area contributed by atoms with E-state index in [-0.39, 0.29) is 12.2 Å². The molecule has 0 radical (unpaired) electrons. The summed E-state index contributed by atoms with van der Waals surface area (Å²) >= 11 is 2.03. The Kier molecular flexibility index (Phi) is 4.36. The third-order valence-corrected chi connectivity index (χ3v) is 5.16. The summed E-state index contributed by atoms with van der Waals surface area (Å²) in [5.74, 6) is 1.97. The zero-order chi connectivity index (χ0) is 12.4. The van der Waals surface area contributed by atoms with Gasteiger partial charge in [-0.1, -0.05) is 20.8 Å². The van der Waals surface area contributed by atoms with Crippen LogP contribution in [0.4, 0.5) is 0 Å². The van der Waals surface area contributed by atoms with Gasteiger partial charge in [-0.3, -0.25) is 10.1 Å². The second-order valence-electron chi connectivity index (χ2n) is 5.44. The van der Waals surface area contributed by atoms with E-state index in [9.17, 15) is 4.79 Å². The molecule has 3 unspecified atom stereocenters. The summed E-state index contributed by atoms with van der Waals surface area (Å²) in [6, 6.07) is 0.0337. The van der Waals surface area contributed by atoms with Crippen LogP contribution in [0.2, 0.25) is 0 Å². The molecule has 1 N–H and O–H groups in total. The van der Waals surface area contributed by atoms with Gasteiger partial charge < -0.3 is 4.90 Å². The van der Waals surface area contributed by atoms with Crippen molar-refractivity contribution >= 4 is 17.7 Å². The molecular weight excluding hydrogens is 232 g/mol. The van der Waals surface area contributed by atoms with Gasteiger partial charge in [0.2, 0.25) is 5.91 Å². The minimum atomic E-state index is 0.0337. The van der Waals surface area contributed by atoms with Crippen molar-refractivity contribution in [1.82, 2.24) is 10.2 Å². The molecule has 2 heterocycles. The fourth-order valence-corrected chi connectivity index (χ4v) is 4.01. The van der Waals surface area contributed by atoms with Crippen molar-refractivity contribution in [2.75, 3.05) is 12.3 Å². The SMILES string of the molecule is CCC1NC(C(C)C)C(=O)N1CC1CCCS1. The molecule has 1 amide bonds. The molecule has 0 bridgehead atoms. The maximum atomic E-state index is 12.4. The second-order valence-corrected chi connectivity index (χ2v) is 6.85. The van der Waals surface area contributed by atoms with Crippen LogP contribution in [0.3, 0.4) is 0 Å². The van der Waals surface area contributed by atoms with Gasteiger partial charge in [-0.15, -0.1) is 0 Å². The van der Waals surface area contributed by atoms with E-state index in [1.54, 1.807) is 0 Å². The van der Waals surface area contributed by atoms with Gasteiger partial charge in [0.25, 0.3) is 0 Å². The van der Waals surface area contributed by atoms with Crippen LogP contribution in [0, 0.1) is 5.92 Å². The molecule has 0 aromatic carbocycles. The Bertz CT molecular complexity index is 277. The Labute approximate surface area is 109 Å². The van der Waals surface area contributed by atoms with Crippen LogP contribution in [0.5, 0.6) is 0 Å². The van der Waals surface area contributed by atoms with Crippen molar-refractivity contribution in [3.63, 3.8) is 0 Å². The summed E-state index contributed by atoms with van der Waals surface area (Å²) in [6.07, 6.45) is 3.86. The van der Waals surface area contributed by atoms with Crippen LogP contribution >= 0.6 is 11.8 Å². The first kappa shape index (κ1) is 13.2. The Morgan fingerprint density at radius 1 is 1.53 bits per heavy atom. The van der Waals surface area contributed by atoms with Gasteiger partial charge in [0.15, 0.2) is 0 Å². The molecule has 0 aromatic rings. The number of hydrogen-bond acceptors (Lipinski definition) is 3. The van der Waals surface area contributed by atoms with E-state index >= 15 is 0 Å². The summed E-state index contributed by atoms with van der Waals surface area (Å²) in [7, 11) is 0. The highest BCUT2D eigenvalue weighted by Gasteiger charge is 2.40. The number of carbonyl (C=O) groups is 1. The van der Waals surface area contributed by atoms with E-state index in [4.69, 9.17) is 0 Å². The minimum absolute atomic E-state index is 0.0337. The van der Waals surface area contributed by atoms with Gasteiger partial charge in [0.1, 0.15) is 0 Å². The van der Waals surface area contributed by atoms with Gasteiger partial charge in [0, 0.05) is 11.8 Å². The Morgan fingerprint density at radius 3 is 2.82 bits per heavy atom. The normalized spacial score (nSPS) is 34.0. The summed E-state index contributed by atoms with van der Waals surface area (Å²) in [4.78, 5) is 14.4. The minimum Gasteiger partial charge on any atom is -0.325 e. The molecule has 0 aromatic heterocycles. The second kappa shape index (κ2) is 5.61. The molecule has 3 nitrogen and oxygen atoms in total. The van der Waals surface area contributed by atoms with Gasteiger partial charge in [-0.25, -0.2) is 0 Å². The molecule has 4 heteroatoms. The highest BCUT2D eigenvalue weighted by molar-refractivity contribution is 8.00. The largest absolute Gasteiger partial charge is 0.325 e. The fraction of sp³-hybridized carbons (Fsp3) is 0.923. The van der Waals surface area contributed by atoms with Crippen LogP contribution in [-0.4, -0.2) is 40.6 Å². The summed E-state index contributed by atoms with van der Waals surface area (Å²) in [5, 5.41) is 4.15. The van der Waals surface area contributed by atoms with Crippen LogP contribution in [0.25, 0.3) is 0 Å². The molecule has 0 aliphatic carbocycles. The monoisotopic (exact) mass is 256 g/mol. The lowest BCUT2D eigenvalue weighted by Crippen LogP contribution is -2.40. The van der Waals surface area contributed by atoms with Crippen molar-refractivity contribution in [3.8, 4) is 0 Å². The Balaban J connectivity index is 2.00. The number of rotatable bonds is 4. The maximum Gasteiger partial charge on any atom is 0.241 e. The first-order valence-electron chi connectivity index (χ1n) is 6.81. The van der Waals surface area contributed by atoms with E-state index in [2.05, 4.69) is 31.0 Å². The van der Waals surface area contributed by atoms with Gasteiger partial charge in [0.05, 0.1) is 12.2 Å². The molecule has 2 aliphatic heterocycles. The number of nitrogens with one attached hydrogen (secondary N) is 1. The average Bonchev–Trinajstić information content (AvgIpc) is 2.89. The zero-order valence-corrected chi connectivity index (χ0v) is 11.9. The lowest BCUT2D eigenvalue weighted by Gasteiger charge is -2.25. The molecule has 2 saturated heterocycles. The lowest BCUT2D eigenvalue weighted by atomic mass is 10.1. The van der Waals surface area contributed by atoms with Crippen molar-refractivity contribution < 1.29 is 4.79 Å². The summed E-state index contributed by atoms with van der Waals surface area (Å²) in [6.45, 7) is 7.34. The van der Waals surface area contributed by atoms with E-state index in [1.165, 1.54) is 18.6 Å². The third-order valence-electron chi connectivity index (χ3n) is 3.77. The molecular formula is C13H24N2OS. The zero-order valence-electron chi connectivity index (χ0n) is 11.1. The molecule has 98 valence electrons. The summed E-state index contributed by atoms with van der Waals surface area (Å²) in [5.41, 5.74) is 0. The van der Waals surface area contributed by atoms with Crippen LogP contribution in [0.15, 0.2) is 0 Å². The number of nitrogens with zero attached hydrogens (tertiary/aromatic N) is 1. The highest BCUT2D eigenvalue weighted by Crippen LogP contribution is 2.29. The molecule has 17 heavy (non-hydrogen) atoms. The number of hydrogen-bond donors (Lipinski definition) is 1. The molecule has 3 atom stereocenters. The van der Waals surface area contributed by atoms with Crippen molar-refractivity contribution in [2.24, 2.45) is 5.92 Å². The quantitative estimate of drug-likeness (QED) is 0.836. The molecule has 2 rings (SSSR count). The Morgan fingerprint density at radius 2 is 2.29 bits per heavy atom. The van der Waals surface area contributed by atoms with Crippen molar-refractivity contribution in [1.29, 1.82) is 0 Å². The van der Waals surface area contributed by atoms with Crippen LogP contribution in [0.1, 0.15) is 40.0 Å². The first-order chi connectivity index (χ1) is 8.13. The van der Waals surface area contributed by atoms with E-state index in [1.807, 2.05) is 11.8 Å². The standard InChI is InChI=1S/C13H24N2OS/c1-4-11-14-12(9(2)3)13(16)15(11)8-10-6-5-7-17-10/h9-12,14H,4-8H2,1-3H3. The van der Waals surface area contributed by atoms with E-state index < -0.39 is 0 Å². The molecule has 0 saturated carbocycles. The summed E-state index contributed by atoms with van der Waals surface area (Å²) < 4.78 is 0. The molecule has 2 fully saturated rings. The number of carbonyl (C=O) groups excluding carboxylic acids is 1. The molecule has 0 spiro atoms. The lowest BCUT2D eigenvalue weighted by molar-refractivity contribution is -0.130. The predicted molar refractivity (Wildman–Crippen MR) is 73.0 cm³/mol. The fourth-order valence-electron chi connectivity index (χ4n) is 2.74. The number of thioether (sulfide) groups is 1. The first-order valence-corrected chi connectivity index (χ1v) is 7.86. The van der Waals surface area contributed by atoms with Gasteiger partial charge >= 0.3 is 0 Å². The number of amides is 1. The van der Waals surface area contributed by atoms with E-state index in [0.29, 0.717) is 17.1 Å². The Hall–Kier alpha value is -0.220. The van der Waals surface area contributed by atoms with Crippen LogP contribution in [-0.2, 0) is 4.79 Å². The van der Waals surface area contributed by atoms with Crippen molar-refractivity contribution in [2.45, 2.75) is 57.5 Å². The van der Waals surface area contributed by atoms with Gasteiger partial charge in [-0.2, -0.15) is 11.8 Å². The van der Waals surface area contributed by atoms with Crippen LogP contribution < -0.4 is 5.32 Å². The predicted octanol–water partition coefficient (Wildman–Crippen LogP) is 2.07. The smallest absolute Gasteiger partial charge is 0.241 e.